The van der Waals surface area contributed by atoms with Gasteiger partial charge in [0, 0.05) is 6.07 Å². The Kier molecular flexibility index (Phi) is 6.64. The predicted octanol–water partition coefficient (Wildman–Crippen LogP) is 4.07. The minimum atomic E-state index is -4.77. The molecule has 0 bridgehead atoms. The molecule has 0 atom stereocenters. The number of halogens is 4. The molecule has 0 aliphatic rings. The molecular weight excluding hydrogens is 421 g/mol. The maximum absolute atomic E-state index is 13.0. The number of nitro benzene ring substituents is 1. The van der Waals surface area contributed by atoms with Crippen molar-refractivity contribution in [3.63, 3.8) is 0 Å². The number of rotatable bonds is 6. The second kappa shape index (κ2) is 8.78. The number of nitrogens with one attached hydrogen (secondary N) is 1. The number of nitrogens with zero attached hydrogens (tertiary/aromatic N) is 1. The number of amides is 1. The first kappa shape index (κ1) is 22.0. The smallest absolute Gasteiger partial charge is 0.418 e. The number of hydrogen-bond donors (Lipinski definition) is 1. The van der Waals surface area contributed by atoms with E-state index in [9.17, 15) is 32.9 Å². The third-order valence-corrected chi connectivity index (χ3v) is 3.84. The third-order valence-electron chi connectivity index (χ3n) is 3.53. The van der Waals surface area contributed by atoms with Gasteiger partial charge in [0.2, 0.25) is 0 Å². The molecule has 2 aromatic carbocycles. The predicted molar refractivity (Wildman–Crippen MR) is 95.0 cm³/mol. The Hall–Kier alpha value is -3.34. The van der Waals surface area contributed by atoms with E-state index < -0.39 is 46.5 Å². The normalized spacial score (nSPS) is 10.9. The molecule has 0 aliphatic heterocycles. The van der Waals surface area contributed by atoms with E-state index in [1.165, 1.54) is 13.2 Å². The molecule has 0 fully saturated rings. The van der Waals surface area contributed by atoms with Gasteiger partial charge in [-0.1, -0.05) is 17.7 Å². The van der Waals surface area contributed by atoms with Crippen molar-refractivity contribution in [3.8, 4) is 5.75 Å². The van der Waals surface area contributed by atoms with Crippen molar-refractivity contribution in [2.45, 2.75) is 6.18 Å². The molecule has 0 saturated carbocycles. The van der Waals surface area contributed by atoms with Gasteiger partial charge in [-0.25, -0.2) is 4.79 Å². The van der Waals surface area contributed by atoms with Gasteiger partial charge in [0.05, 0.1) is 33.9 Å². The van der Waals surface area contributed by atoms with Crippen LogP contribution in [-0.4, -0.2) is 30.5 Å². The SMILES string of the molecule is COc1ccc(C(=O)OCC(=O)Nc2c(Cl)cccc2C(F)(F)F)cc1[N+](=O)[O-]. The summed E-state index contributed by atoms with van der Waals surface area (Å²) in [5.41, 5.74) is -2.60. The lowest BCUT2D eigenvalue weighted by molar-refractivity contribution is -0.385. The third kappa shape index (κ3) is 5.35. The highest BCUT2D eigenvalue weighted by Gasteiger charge is 2.34. The molecule has 2 rings (SSSR count). The average Bonchev–Trinajstić information content (AvgIpc) is 2.66. The molecular formula is C17H12ClF3N2O6. The van der Waals surface area contributed by atoms with Crippen LogP contribution in [0.4, 0.5) is 24.5 Å². The van der Waals surface area contributed by atoms with Gasteiger partial charge < -0.3 is 14.8 Å². The number of anilines is 1. The molecule has 0 radical (unpaired) electrons. The minimum absolute atomic E-state index is 0.0947. The molecule has 0 spiro atoms. The number of nitro groups is 1. The quantitative estimate of drug-likeness (QED) is 0.419. The van der Waals surface area contributed by atoms with Crippen molar-refractivity contribution in [2.75, 3.05) is 19.0 Å². The molecule has 0 heterocycles. The van der Waals surface area contributed by atoms with E-state index in [0.29, 0.717) is 0 Å². The maximum atomic E-state index is 13.0. The lowest BCUT2D eigenvalue weighted by atomic mass is 10.1. The number of carbonyl (C=O) groups excluding carboxylic acids is 2. The van der Waals surface area contributed by atoms with Crippen LogP contribution < -0.4 is 10.1 Å². The van der Waals surface area contributed by atoms with Crippen LogP contribution in [0.25, 0.3) is 0 Å². The number of esters is 1. The fraction of sp³-hybridized carbons (Fsp3) is 0.176. The van der Waals surface area contributed by atoms with Crippen LogP contribution in [0.5, 0.6) is 5.75 Å². The molecule has 1 N–H and O–H groups in total. The molecule has 1 amide bonds. The highest BCUT2D eigenvalue weighted by atomic mass is 35.5. The number of carbonyl (C=O) groups is 2. The van der Waals surface area contributed by atoms with Gasteiger partial charge in [-0.05, 0) is 24.3 Å². The standard InChI is InChI=1S/C17H12ClF3N2O6/c1-28-13-6-5-9(7-12(13)23(26)27)16(25)29-8-14(24)22-15-10(17(19,20)21)3-2-4-11(15)18/h2-7H,8H2,1H3,(H,22,24). The fourth-order valence-electron chi connectivity index (χ4n) is 2.24. The van der Waals surface area contributed by atoms with Crippen LogP contribution >= 0.6 is 11.6 Å². The van der Waals surface area contributed by atoms with Crippen LogP contribution in [0.15, 0.2) is 36.4 Å². The number of benzene rings is 2. The minimum Gasteiger partial charge on any atom is -0.490 e. The summed E-state index contributed by atoms with van der Waals surface area (Å²) in [6, 6.07) is 6.15. The highest BCUT2D eigenvalue weighted by molar-refractivity contribution is 6.34. The summed E-state index contributed by atoms with van der Waals surface area (Å²) in [7, 11) is 1.20. The second-order valence-corrected chi connectivity index (χ2v) is 5.84. The molecule has 0 unspecified atom stereocenters. The van der Waals surface area contributed by atoms with E-state index in [2.05, 4.69) is 0 Å². The maximum Gasteiger partial charge on any atom is 0.418 e. The van der Waals surface area contributed by atoms with Gasteiger partial charge in [-0.15, -0.1) is 0 Å². The van der Waals surface area contributed by atoms with Gasteiger partial charge in [-0.3, -0.25) is 14.9 Å². The van der Waals surface area contributed by atoms with Gasteiger partial charge >= 0.3 is 17.8 Å². The molecule has 8 nitrogen and oxygen atoms in total. The molecule has 29 heavy (non-hydrogen) atoms. The monoisotopic (exact) mass is 432 g/mol. The molecule has 154 valence electrons. The van der Waals surface area contributed by atoms with E-state index in [1.54, 1.807) is 0 Å². The van der Waals surface area contributed by atoms with Gasteiger partial charge in [-0.2, -0.15) is 13.2 Å². The first-order valence-electron chi connectivity index (χ1n) is 7.69. The van der Waals surface area contributed by atoms with Crippen LogP contribution in [-0.2, 0) is 15.7 Å². The molecule has 0 aliphatic carbocycles. The first-order valence-corrected chi connectivity index (χ1v) is 8.07. The van der Waals surface area contributed by atoms with Gasteiger partial charge in [0.1, 0.15) is 0 Å². The Labute approximate surface area is 166 Å². The highest BCUT2D eigenvalue weighted by Crippen LogP contribution is 2.38. The van der Waals surface area contributed by atoms with Crippen molar-refractivity contribution in [1.82, 2.24) is 0 Å². The van der Waals surface area contributed by atoms with E-state index in [-0.39, 0.29) is 16.3 Å². The summed E-state index contributed by atoms with van der Waals surface area (Å²) < 4.78 is 48.5. The van der Waals surface area contributed by atoms with Gasteiger partial charge in [0.15, 0.2) is 12.4 Å². The van der Waals surface area contributed by atoms with Crippen molar-refractivity contribution in [1.29, 1.82) is 0 Å². The zero-order valence-electron chi connectivity index (χ0n) is 14.6. The number of methoxy groups -OCH3 is 1. The van der Waals surface area contributed by atoms with Crippen molar-refractivity contribution >= 4 is 34.9 Å². The summed E-state index contributed by atoms with van der Waals surface area (Å²) in [5.74, 6) is -2.27. The number of alkyl halides is 3. The molecule has 12 heteroatoms. The summed E-state index contributed by atoms with van der Waals surface area (Å²) in [6.07, 6.45) is -4.77. The average molecular weight is 433 g/mol. The van der Waals surface area contributed by atoms with Crippen LogP contribution in [0.3, 0.4) is 0 Å². The van der Waals surface area contributed by atoms with E-state index >= 15 is 0 Å². The van der Waals surface area contributed by atoms with Crippen molar-refractivity contribution in [3.05, 3.63) is 62.7 Å². The second-order valence-electron chi connectivity index (χ2n) is 5.43. The number of para-hydroxylation sites is 1. The van der Waals surface area contributed by atoms with Gasteiger partial charge in [0.25, 0.3) is 5.91 Å². The Bertz CT molecular complexity index is 965. The largest absolute Gasteiger partial charge is 0.490 e. The Morgan fingerprint density at radius 3 is 2.52 bits per heavy atom. The number of hydrogen-bond acceptors (Lipinski definition) is 6. The van der Waals surface area contributed by atoms with E-state index in [4.69, 9.17) is 21.1 Å². The fourth-order valence-corrected chi connectivity index (χ4v) is 2.46. The summed E-state index contributed by atoms with van der Waals surface area (Å²) in [4.78, 5) is 34.1. The molecule has 0 saturated heterocycles. The summed E-state index contributed by atoms with van der Waals surface area (Å²) in [6.45, 7) is -0.943. The Morgan fingerprint density at radius 1 is 1.24 bits per heavy atom. The zero-order chi connectivity index (χ0) is 21.8. The van der Waals surface area contributed by atoms with Crippen LogP contribution in [0.1, 0.15) is 15.9 Å². The zero-order valence-corrected chi connectivity index (χ0v) is 15.3. The number of ether oxygens (including phenoxy) is 2. The van der Waals surface area contributed by atoms with Crippen molar-refractivity contribution < 1.29 is 37.2 Å². The summed E-state index contributed by atoms with van der Waals surface area (Å²) in [5, 5.41) is 12.6. The van der Waals surface area contributed by atoms with Crippen LogP contribution in [0.2, 0.25) is 5.02 Å². The summed E-state index contributed by atoms with van der Waals surface area (Å²) >= 11 is 5.72. The Balaban J connectivity index is 2.10. The lowest BCUT2D eigenvalue weighted by Gasteiger charge is -2.15. The Morgan fingerprint density at radius 2 is 1.93 bits per heavy atom. The molecule has 0 aromatic heterocycles. The van der Waals surface area contributed by atoms with E-state index in [0.717, 1.165) is 30.3 Å². The van der Waals surface area contributed by atoms with Crippen molar-refractivity contribution in [2.24, 2.45) is 0 Å². The van der Waals surface area contributed by atoms with E-state index in [1.807, 2.05) is 5.32 Å². The first-order chi connectivity index (χ1) is 13.5. The lowest BCUT2D eigenvalue weighted by Crippen LogP contribution is -2.23. The van der Waals surface area contributed by atoms with Crippen LogP contribution in [0, 0.1) is 10.1 Å². The molecule has 2 aromatic rings. The topological polar surface area (TPSA) is 108 Å².